The van der Waals surface area contributed by atoms with Crippen LogP contribution in [0.1, 0.15) is 45.1 Å². The quantitative estimate of drug-likeness (QED) is 0.805. The van der Waals surface area contributed by atoms with Crippen molar-refractivity contribution >= 4 is 5.69 Å². The Morgan fingerprint density at radius 2 is 1.96 bits per heavy atom. The van der Waals surface area contributed by atoms with Crippen molar-refractivity contribution in [1.82, 2.24) is 0 Å². The molecule has 6 aliphatic rings. The summed E-state index contributed by atoms with van der Waals surface area (Å²) in [5.41, 5.74) is 2.56. The molecule has 1 spiro atoms. The molecule has 0 radical (unpaired) electrons. The van der Waals surface area contributed by atoms with E-state index >= 15 is 0 Å². The SMILES string of the molecule is CCC[N+]12[C@H](O)[C@@H](CC)[C@@H]3C[C@H]1[C@@H]1N(C)c4ccccc4[C@]14C[C@H]2[C@H]3[C@H]4O. The summed E-state index contributed by atoms with van der Waals surface area (Å²) in [7, 11) is 2.23. The Bertz CT molecular complexity index is 798. The molecular formula is C23H33N2O2+. The normalized spacial score (nSPS) is 53.7. The van der Waals surface area contributed by atoms with Crippen molar-refractivity contribution in [3.63, 3.8) is 0 Å². The fraction of sp³-hybridized carbons (Fsp3) is 0.739. The zero-order valence-corrected chi connectivity index (χ0v) is 16.8. The van der Waals surface area contributed by atoms with Gasteiger partial charge >= 0.3 is 0 Å². The van der Waals surface area contributed by atoms with E-state index in [-0.39, 0.29) is 17.7 Å². The molecule has 4 saturated heterocycles. The van der Waals surface area contributed by atoms with Gasteiger partial charge in [-0.25, -0.2) is 0 Å². The van der Waals surface area contributed by atoms with Crippen molar-refractivity contribution in [3.05, 3.63) is 29.8 Å². The van der Waals surface area contributed by atoms with Crippen LogP contribution < -0.4 is 4.90 Å². The van der Waals surface area contributed by atoms with E-state index in [2.05, 4.69) is 50.1 Å². The molecule has 5 fully saturated rings. The van der Waals surface area contributed by atoms with Gasteiger partial charge in [-0.15, -0.1) is 0 Å². The number of likely N-dealkylation sites (N-methyl/N-ethyl adjacent to an activating group) is 1. The predicted molar refractivity (Wildman–Crippen MR) is 105 cm³/mol. The molecule has 0 amide bonds. The number of nitrogens with zero attached hydrogens (tertiary/aromatic N) is 2. The van der Waals surface area contributed by atoms with Crippen LogP contribution in [0.5, 0.6) is 0 Å². The molecule has 0 aromatic heterocycles. The number of hydrogen-bond acceptors (Lipinski definition) is 3. The smallest absolute Gasteiger partial charge is 0.194 e. The lowest BCUT2D eigenvalue weighted by atomic mass is 9.60. The van der Waals surface area contributed by atoms with Crippen molar-refractivity contribution in [2.75, 3.05) is 18.5 Å². The topological polar surface area (TPSA) is 43.7 Å². The first kappa shape index (κ1) is 16.8. The van der Waals surface area contributed by atoms with E-state index in [1.165, 1.54) is 17.7 Å². The Kier molecular flexibility index (Phi) is 3.17. The molecule has 4 heteroatoms. The van der Waals surface area contributed by atoms with Crippen LogP contribution in [0.3, 0.4) is 0 Å². The van der Waals surface area contributed by atoms with E-state index in [1.807, 2.05) is 0 Å². The Labute approximate surface area is 162 Å². The molecule has 5 heterocycles. The number of para-hydroxylation sites is 1. The molecule has 7 rings (SSSR count). The lowest BCUT2D eigenvalue weighted by Crippen LogP contribution is -2.83. The number of rotatable bonds is 3. The Balaban J connectivity index is 1.62. The number of anilines is 1. The van der Waals surface area contributed by atoms with E-state index in [4.69, 9.17) is 0 Å². The predicted octanol–water partition coefficient (Wildman–Crippen LogP) is 2.48. The second-order valence-corrected chi connectivity index (χ2v) is 10.1. The lowest BCUT2D eigenvalue weighted by Gasteiger charge is -2.68. The highest BCUT2D eigenvalue weighted by Crippen LogP contribution is 2.71. The van der Waals surface area contributed by atoms with Crippen LogP contribution in [0.2, 0.25) is 0 Å². The van der Waals surface area contributed by atoms with Gasteiger partial charge in [-0.3, -0.25) is 4.48 Å². The number of piperidine rings is 4. The zero-order valence-electron chi connectivity index (χ0n) is 16.8. The fourth-order valence-electron chi connectivity index (χ4n) is 9.23. The number of aliphatic hydroxyl groups excluding tert-OH is 2. The number of quaternary nitrogens is 1. The average Bonchev–Trinajstić information content (AvgIpc) is 3.06. The molecule has 27 heavy (non-hydrogen) atoms. The summed E-state index contributed by atoms with van der Waals surface area (Å²) in [5.74, 6) is 1.18. The largest absolute Gasteiger partial charge is 0.392 e. The highest BCUT2D eigenvalue weighted by molar-refractivity contribution is 5.66. The van der Waals surface area contributed by atoms with Crippen LogP contribution in [-0.2, 0) is 5.41 Å². The minimum atomic E-state index is -0.271. The van der Waals surface area contributed by atoms with Gasteiger partial charge in [0.25, 0.3) is 0 Å². The van der Waals surface area contributed by atoms with Gasteiger partial charge in [0, 0.05) is 37.4 Å². The third-order valence-electron chi connectivity index (χ3n) is 9.73. The fourth-order valence-corrected chi connectivity index (χ4v) is 9.23. The van der Waals surface area contributed by atoms with E-state index < -0.39 is 0 Å². The summed E-state index contributed by atoms with van der Waals surface area (Å²) < 4.78 is 0.873. The van der Waals surface area contributed by atoms with Crippen LogP contribution in [-0.4, -0.2) is 58.7 Å². The highest BCUT2D eigenvalue weighted by Gasteiger charge is 2.82. The molecule has 2 N–H and O–H groups in total. The molecule has 10 atom stereocenters. The molecule has 4 nitrogen and oxygen atoms in total. The Morgan fingerprint density at radius 1 is 1.19 bits per heavy atom. The first-order chi connectivity index (χ1) is 13.0. The third kappa shape index (κ3) is 1.51. The van der Waals surface area contributed by atoms with Gasteiger partial charge in [0.1, 0.15) is 6.04 Å². The van der Waals surface area contributed by atoms with Crippen LogP contribution in [0.15, 0.2) is 24.3 Å². The zero-order chi connectivity index (χ0) is 18.7. The van der Waals surface area contributed by atoms with Crippen LogP contribution in [0, 0.1) is 17.8 Å². The van der Waals surface area contributed by atoms with Gasteiger partial charge in [-0.2, -0.15) is 0 Å². The van der Waals surface area contributed by atoms with E-state index in [1.54, 1.807) is 0 Å². The van der Waals surface area contributed by atoms with Gasteiger partial charge in [0.15, 0.2) is 6.23 Å². The molecule has 5 aliphatic heterocycles. The maximum Gasteiger partial charge on any atom is 0.194 e. The van der Waals surface area contributed by atoms with E-state index in [9.17, 15) is 10.2 Å². The Hall–Kier alpha value is -1.10. The number of hydrogen-bond donors (Lipinski definition) is 2. The number of benzene rings is 1. The van der Waals surface area contributed by atoms with Crippen molar-refractivity contribution in [2.24, 2.45) is 17.8 Å². The third-order valence-corrected chi connectivity index (χ3v) is 9.73. The average molecular weight is 370 g/mol. The van der Waals surface area contributed by atoms with Crippen LogP contribution in [0.25, 0.3) is 0 Å². The Morgan fingerprint density at radius 3 is 2.70 bits per heavy atom. The summed E-state index contributed by atoms with van der Waals surface area (Å²) in [6.45, 7) is 5.56. The first-order valence-electron chi connectivity index (χ1n) is 11.1. The molecule has 1 aromatic carbocycles. The molecule has 146 valence electrons. The highest BCUT2D eigenvalue weighted by atomic mass is 16.3. The number of fused-ring (bicyclic) bond motifs is 2. The monoisotopic (exact) mass is 369 g/mol. The van der Waals surface area contributed by atoms with Gasteiger partial charge in [0.2, 0.25) is 0 Å². The summed E-state index contributed by atoms with van der Waals surface area (Å²) in [6.07, 6.45) is 3.84. The van der Waals surface area contributed by atoms with Gasteiger partial charge in [-0.05, 0) is 30.4 Å². The van der Waals surface area contributed by atoms with Crippen molar-refractivity contribution in [3.8, 4) is 0 Å². The van der Waals surface area contributed by atoms with Crippen molar-refractivity contribution < 1.29 is 14.7 Å². The summed E-state index contributed by atoms with van der Waals surface area (Å²) in [4.78, 5) is 2.48. The maximum atomic E-state index is 11.9. The molecule has 1 aromatic rings. The summed E-state index contributed by atoms with van der Waals surface area (Å²) in [5, 5.41) is 23.6. The summed E-state index contributed by atoms with van der Waals surface area (Å²) in [6, 6.07) is 9.97. The van der Waals surface area contributed by atoms with E-state index in [0.717, 1.165) is 30.3 Å². The van der Waals surface area contributed by atoms with Gasteiger partial charge in [-0.1, -0.05) is 32.0 Å². The maximum absolute atomic E-state index is 11.9. The van der Waals surface area contributed by atoms with Crippen molar-refractivity contribution in [2.45, 2.75) is 75.4 Å². The minimum Gasteiger partial charge on any atom is -0.392 e. The van der Waals surface area contributed by atoms with Crippen LogP contribution >= 0.6 is 0 Å². The van der Waals surface area contributed by atoms with Crippen LogP contribution in [0.4, 0.5) is 5.69 Å². The second kappa shape index (κ2) is 5.08. The summed E-state index contributed by atoms with van der Waals surface area (Å²) >= 11 is 0. The second-order valence-electron chi connectivity index (χ2n) is 10.1. The molecular weight excluding hydrogens is 336 g/mol. The number of aliphatic hydroxyl groups is 2. The lowest BCUT2D eigenvalue weighted by molar-refractivity contribution is -1.04. The molecule has 1 aliphatic carbocycles. The van der Waals surface area contributed by atoms with Crippen molar-refractivity contribution in [1.29, 1.82) is 0 Å². The van der Waals surface area contributed by atoms with E-state index in [0.29, 0.717) is 35.9 Å². The molecule has 1 saturated carbocycles. The molecule has 1 unspecified atom stereocenters. The molecule has 5 bridgehead atoms. The standard InChI is InChI=1S/C23H33N2O2/c1-4-10-25-17-11-14(13(5-2)22(25)27)19-18(25)12-23(21(19)26)15-8-6-7-9-16(15)24(3)20(17)23/h6-9,13-14,17-22,26-27H,4-5,10-12H2,1-3H3/q+1/t13-,14-,17-,18-,19-,20-,21+,22+,23+,25?/m0/s1. The minimum absolute atomic E-state index is 0.127. The van der Waals surface area contributed by atoms with Gasteiger partial charge < -0.3 is 15.1 Å². The van der Waals surface area contributed by atoms with Gasteiger partial charge in [0.05, 0.1) is 30.1 Å². The first-order valence-corrected chi connectivity index (χ1v) is 11.1.